The molecule has 1 heterocycles. The number of methoxy groups -OCH3 is 1. The maximum Gasteiger partial charge on any atom is 0.412 e. The van der Waals surface area contributed by atoms with Crippen LogP contribution in [0.5, 0.6) is 0 Å². The second-order valence-corrected chi connectivity index (χ2v) is 8.09. The van der Waals surface area contributed by atoms with E-state index in [2.05, 4.69) is 10.3 Å². The van der Waals surface area contributed by atoms with E-state index in [-0.39, 0.29) is 5.90 Å². The zero-order valence-electron chi connectivity index (χ0n) is 18.8. The summed E-state index contributed by atoms with van der Waals surface area (Å²) < 4.78 is 50.7. The summed E-state index contributed by atoms with van der Waals surface area (Å²) in [7, 11) is 2.76. The Bertz CT molecular complexity index is 747. The summed E-state index contributed by atoms with van der Waals surface area (Å²) in [6.07, 6.45) is -0.387. The van der Waals surface area contributed by atoms with Gasteiger partial charge in [0, 0.05) is 18.8 Å². The largest absolute Gasteiger partial charge is 0.483 e. The van der Waals surface area contributed by atoms with Crippen molar-refractivity contribution in [2.75, 3.05) is 14.2 Å². The Labute approximate surface area is 176 Å². The Morgan fingerprint density at radius 3 is 2.40 bits per heavy atom. The van der Waals surface area contributed by atoms with Gasteiger partial charge < -0.3 is 19.7 Å². The van der Waals surface area contributed by atoms with Crippen molar-refractivity contribution < 1.29 is 27.4 Å². The number of carbonyl (C=O) groups excluding carboxylic acids is 1. The van der Waals surface area contributed by atoms with Gasteiger partial charge in [0.25, 0.3) is 0 Å². The van der Waals surface area contributed by atoms with Gasteiger partial charge in [-0.1, -0.05) is 6.92 Å². The molecule has 1 amide bonds. The Balaban J connectivity index is 3.27. The van der Waals surface area contributed by atoms with E-state index in [0.717, 1.165) is 16.5 Å². The van der Waals surface area contributed by atoms with Crippen LogP contribution >= 0.6 is 0 Å². The van der Waals surface area contributed by atoms with Gasteiger partial charge in [0.1, 0.15) is 17.7 Å². The number of aliphatic imine (C=N–C) groups is 1. The van der Waals surface area contributed by atoms with E-state index in [1.807, 2.05) is 6.92 Å². The first kappa shape index (κ1) is 25.6. The second-order valence-electron chi connectivity index (χ2n) is 8.09. The monoisotopic (exact) mass is 431 g/mol. The van der Waals surface area contributed by atoms with Crippen molar-refractivity contribution in [1.82, 2.24) is 10.2 Å². The first-order valence-electron chi connectivity index (χ1n) is 9.70. The van der Waals surface area contributed by atoms with E-state index in [4.69, 9.17) is 9.47 Å². The standard InChI is InChI=1S/C21H32F3N3O3/c1-9-13(2)17(15-10-11-27(7)16(12-15)21(22,23)24)26-18(29-8)14(3)25-19(28)30-20(4,5)6/h10-12,14,16H,9H2,1-8H3,(H,25,28)/b17-13-,26-18?. The number of ether oxygens (including phenoxy) is 2. The predicted octanol–water partition coefficient (Wildman–Crippen LogP) is 4.94. The molecule has 0 saturated heterocycles. The quantitative estimate of drug-likeness (QED) is 0.494. The van der Waals surface area contributed by atoms with Gasteiger partial charge in [0.2, 0.25) is 5.90 Å². The van der Waals surface area contributed by atoms with Gasteiger partial charge in [0.15, 0.2) is 0 Å². The molecule has 0 fully saturated rings. The number of nitrogens with zero attached hydrogens (tertiary/aromatic N) is 2. The lowest BCUT2D eigenvalue weighted by atomic mass is 10.0. The average molecular weight is 431 g/mol. The minimum atomic E-state index is -4.42. The van der Waals surface area contributed by atoms with E-state index >= 15 is 0 Å². The smallest absolute Gasteiger partial charge is 0.412 e. The molecule has 0 bridgehead atoms. The molecule has 0 aromatic carbocycles. The minimum Gasteiger partial charge on any atom is -0.483 e. The zero-order chi connectivity index (χ0) is 23.3. The molecule has 2 atom stereocenters. The molecule has 1 aliphatic heterocycles. The van der Waals surface area contributed by atoms with E-state index in [1.54, 1.807) is 40.7 Å². The lowest BCUT2D eigenvalue weighted by molar-refractivity contribution is -0.161. The lowest BCUT2D eigenvalue weighted by Crippen LogP contribution is -2.42. The molecule has 6 nitrogen and oxygen atoms in total. The van der Waals surface area contributed by atoms with Crippen molar-refractivity contribution >= 4 is 12.0 Å². The van der Waals surface area contributed by atoms with Gasteiger partial charge in [-0.05, 0) is 58.8 Å². The van der Waals surface area contributed by atoms with Gasteiger partial charge in [-0.2, -0.15) is 13.2 Å². The summed E-state index contributed by atoms with van der Waals surface area (Å²) in [5, 5.41) is 2.63. The van der Waals surface area contributed by atoms with Crippen molar-refractivity contribution in [3.8, 4) is 0 Å². The van der Waals surface area contributed by atoms with Crippen LogP contribution in [0.2, 0.25) is 0 Å². The lowest BCUT2D eigenvalue weighted by Gasteiger charge is -2.30. The van der Waals surface area contributed by atoms with Crippen molar-refractivity contribution in [2.24, 2.45) is 4.99 Å². The third kappa shape index (κ3) is 7.42. The van der Waals surface area contributed by atoms with Gasteiger partial charge in [0.05, 0.1) is 12.8 Å². The molecule has 2 unspecified atom stereocenters. The Morgan fingerprint density at radius 2 is 1.93 bits per heavy atom. The number of halogens is 3. The summed E-state index contributed by atoms with van der Waals surface area (Å²) >= 11 is 0. The topological polar surface area (TPSA) is 63.2 Å². The summed E-state index contributed by atoms with van der Waals surface area (Å²) in [6.45, 7) is 10.6. The number of carbonyl (C=O) groups is 1. The second kappa shape index (κ2) is 10.0. The van der Waals surface area contributed by atoms with Crippen LogP contribution in [0.4, 0.5) is 18.0 Å². The normalized spacial score (nSPS) is 19.7. The molecule has 0 aliphatic carbocycles. The van der Waals surface area contributed by atoms with Crippen LogP contribution in [-0.4, -0.2) is 54.9 Å². The maximum atomic E-state index is 13.4. The highest BCUT2D eigenvalue weighted by Crippen LogP contribution is 2.32. The Morgan fingerprint density at radius 1 is 1.33 bits per heavy atom. The Hall–Kier alpha value is -2.45. The summed E-state index contributed by atoms with van der Waals surface area (Å²) in [5.41, 5.74) is 0.837. The zero-order valence-corrected chi connectivity index (χ0v) is 18.8. The van der Waals surface area contributed by atoms with Crippen LogP contribution < -0.4 is 5.32 Å². The number of nitrogens with one attached hydrogen (secondary N) is 1. The molecule has 170 valence electrons. The Kier molecular flexibility index (Phi) is 8.56. The molecular weight excluding hydrogens is 399 g/mol. The SMILES string of the molecule is CC/C(C)=C(\N=C(OC)C(C)NC(=O)OC(C)(C)C)C1=CC(C(F)(F)F)N(C)C=C1. The molecular formula is C21H32F3N3O3. The predicted molar refractivity (Wildman–Crippen MR) is 111 cm³/mol. The molecule has 0 aromatic heterocycles. The number of rotatable bonds is 5. The van der Waals surface area contributed by atoms with Gasteiger partial charge in [-0.15, -0.1) is 0 Å². The molecule has 1 aliphatic rings. The fraction of sp³-hybridized carbons (Fsp3) is 0.619. The molecule has 1 rings (SSSR count). The van der Waals surface area contributed by atoms with Crippen LogP contribution in [0, 0.1) is 0 Å². The van der Waals surface area contributed by atoms with E-state index in [9.17, 15) is 18.0 Å². The molecule has 0 radical (unpaired) electrons. The number of alkyl carbamates (subject to hydrolysis) is 1. The van der Waals surface area contributed by atoms with E-state index < -0.39 is 30.0 Å². The van der Waals surface area contributed by atoms with Gasteiger partial charge in [-0.25, -0.2) is 9.79 Å². The molecule has 9 heteroatoms. The maximum absolute atomic E-state index is 13.4. The average Bonchev–Trinajstić information content (AvgIpc) is 2.60. The highest BCUT2D eigenvalue weighted by atomic mass is 19.4. The minimum absolute atomic E-state index is 0.153. The first-order chi connectivity index (χ1) is 13.7. The van der Waals surface area contributed by atoms with Gasteiger partial charge in [-0.3, -0.25) is 0 Å². The number of hydrogen-bond donors (Lipinski definition) is 1. The molecule has 1 N–H and O–H groups in total. The molecule has 0 saturated carbocycles. The first-order valence-corrected chi connectivity index (χ1v) is 9.70. The van der Waals surface area contributed by atoms with Gasteiger partial charge >= 0.3 is 12.3 Å². The number of amides is 1. The van der Waals surface area contributed by atoms with Crippen molar-refractivity contribution in [3.05, 3.63) is 35.2 Å². The molecule has 0 aromatic rings. The third-order valence-electron chi connectivity index (χ3n) is 4.34. The fourth-order valence-corrected chi connectivity index (χ4v) is 2.67. The van der Waals surface area contributed by atoms with Crippen molar-refractivity contribution in [2.45, 2.75) is 71.8 Å². The number of likely N-dealkylation sites (N-methyl/N-ethyl adjacent to an activating group) is 1. The summed E-state index contributed by atoms with van der Waals surface area (Å²) in [6, 6.07) is -2.41. The summed E-state index contributed by atoms with van der Waals surface area (Å²) in [4.78, 5) is 17.6. The van der Waals surface area contributed by atoms with E-state index in [1.165, 1.54) is 20.4 Å². The van der Waals surface area contributed by atoms with Crippen LogP contribution in [0.15, 0.2) is 40.2 Å². The van der Waals surface area contributed by atoms with Crippen LogP contribution in [0.3, 0.4) is 0 Å². The summed E-state index contributed by atoms with van der Waals surface area (Å²) in [5.74, 6) is 0.153. The fourth-order valence-electron chi connectivity index (χ4n) is 2.67. The third-order valence-corrected chi connectivity index (χ3v) is 4.34. The van der Waals surface area contributed by atoms with E-state index in [0.29, 0.717) is 17.7 Å². The number of allylic oxidation sites excluding steroid dienone is 2. The number of alkyl halides is 3. The highest BCUT2D eigenvalue weighted by molar-refractivity contribution is 5.86. The molecule has 30 heavy (non-hydrogen) atoms. The highest BCUT2D eigenvalue weighted by Gasteiger charge is 2.41. The van der Waals surface area contributed by atoms with Crippen molar-refractivity contribution in [1.29, 1.82) is 0 Å². The van der Waals surface area contributed by atoms with Crippen LogP contribution in [0.1, 0.15) is 48.0 Å². The van der Waals surface area contributed by atoms with Crippen LogP contribution in [-0.2, 0) is 9.47 Å². The van der Waals surface area contributed by atoms with Crippen LogP contribution in [0.25, 0.3) is 0 Å². The number of hydrogen-bond acceptors (Lipinski definition) is 5. The molecule has 0 spiro atoms. The van der Waals surface area contributed by atoms with Crippen molar-refractivity contribution in [3.63, 3.8) is 0 Å².